The Morgan fingerprint density at radius 1 is 1.11 bits per heavy atom. The molecule has 2 saturated heterocycles. The smallest absolute Gasteiger partial charge is 0.291 e. The predicted molar refractivity (Wildman–Crippen MR) is 103 cm³/mol. The molecule has 3 heterocycles. The number of hydrogen-bond acceptors (Lipinski definition) is 5. The van der Waals surface area contributed by atoms with Crippen molar-refractivity contribution in [3.05, 3.63) is 17.3 Å². The fourth-order valence-electron chi connectivity index (χ4n) is 4.42. The van der Waals surface area contributed by atoms with Crippen LogP contribution in [0.4, 0.5) is 0 Å². The highest BCUT2D eigenvalue weighted by Gasteiger charge is 2.35. The second kappa shape index (κ2) is 8.42. The van der Waals surface area contributed by atoms with Gasteiger partial charge in [0.1, 0.15) is 0 Å². The van der Waals surface area contributed by atoms with E-state index in [1.807, 2.05) is 25.9 Å². The fraction of sp³-hybridized carbons (Fsp3) is 0.750. The van der Waals surface area contributed by atoms with Crippen LogP contribution in [0.25, 0.3) is 0 Å². The van der Waals surface area contributed by atoms with Crippen molar-refractivity contribution in [1.82, 2.24) is 19.7 Å². The third-order valence-corrected chi connectivity index (χ3v) is 5.97. The Bertz CT molecular complexity index is 677. The summed E-state index contributed by atoms with van der Waals surface area (Å²) in [7, 11) is 3.64. The summed E-state index contributed by atoms with van der Waals surface area (Å²) in [6, 6.07) is 0.453. The van der Waals surface area contributed by atoms with Crippen LogP contribution in [0, 0.1) is 19.8 Å². The highest BCUT2D eigenvalue weighted by atomic mass is 16.4. The Labute approximate surface area is 161 Å². The van der Waals surface area contributed by atoms with Crippen LogP contribution in [-0.2, 0) is 4.79 Å². The molecule has 7 nitrogen and oxygen atoms in total. The maximum atomic E-state index is 12.7. The third-order valence-electron chi connectivity index (χ3n) is 5.97. The number of oxazole rings is 1. The van der Waals surface area contributed by atoms with Gasteiger partial charge >= 0.3 is 0 Å². The summed E-state index contributed by atoms with van der Waals surface area (Å²) < 4.78 is 5.50. The Hall–Kier alpha value is -1.89. The molecule has 1 aromatic rings. The molecule has 0 aliphatic carbocycles. The monoisotopic (exact) mass is 376 g/mol. The molecule has 1 atom stereocenters. The van der Waals surface area contributed by atoms with Crippen LogP contribution >= 0.6 is 0 Å². The number of nitrogens with zero attached hydrogens (tertiary/aromatic N) is 4. The van der Waals surface area contributed by atoms with Gasteiger partial charge in [0.2, 0.25) is 11.7 Å². The Kier molecular flexibility index (Phi) is 6.19. The standard InChI is InChI=1S/C20H32N4O3/c1-14-19(27-15(2)21-14)20(26)23-11-8-16(9-12-23)17-7-5-6-10-24(17)13-18(25)22(3)4/h16-17H,5-13H2,1-4H3/t17-/m0/s1. The van der Waals surface area contributed by atoms with Crippen molar-refractivity contribution in [3.63, 3.8) is 0 Å². The number of hydrogen-bond donors (Lipinski definition) is 0. The van der Waals surface area contributed by atoms with Gasteiger partial charge in [0.05, 0.1) is 12.2 Å². The fourth-order valence-corrected chi connectivity index (χ4v) is 4.42. The topological polar surface area (TPSA) is 69.9 Å². The molecule has 2 aliphatic heterocycles. The number of rotatable bonds is 4. The number of amides is 2. The van der Waals surface area contributed by atoms with Gasteiger partial charge in [0.25, 0.3) is 5.91 Å². The van der Waals surface area contributed by atoms with Crippen LogP contribution < -0.4 is 0 Å². The van der Waals surface area contributed by atoms with E-state index in [1.165, 1.54) is 12.8 Å². The van der Waals surface area contributed by atoms with Crippen molar-refractivity contribution in [2.24, 2.45) is 5.92 Å². The molecule has 3 rings (SSSR count). The summed E-state index contributed by atoms with van der Waals surface area (Å²) in [5.74, 6) is 1.58. The molecule has 1 aromatic heterocycles. The van der Waals surface area contributed by atoms with Crippen molar-refractivity contribution in [2.75, 3.05) is 40.3 Å². The van der Waals surface area contributed by atoms with Gasteiger partial charge in [-0.25, -0.2) is 4.98 Å². The molecule has 0 spiro atoms. The molecule has 7 heteroatoms. The summed E-state index contributed by atoms with van der Waals surface area (Å²) in [4.78, 5) is 35.1. The maximum absolute atomic E-state index is 12.7. The van der Waals surface area contributed by atoms with Gasteiger partial charge in [0, 0.05) is 40.2 Å². The molecular weight excluding hydrogens is 344 g/mol. The number of aryl methyl sites for hydroxylation is 2. The Balaban J connectivity index is 1.59. The number of carbonyl (C=O) groups is 2. The predicted octanol–water partition coefficient (Wildman–Crippen LogP) is 2.09. The zero-order valence-electron chi connectivity index (χ0n) is 17.0. The van der Waals surface area contributed by atoms with E-state index in [0.717, 1.165) is 38.9 Å². The van der Waals surface area contributed by atoms with Crippen LogP contribution in [0.5, 0.6) is 0 Å². The lowest BCUT2D eigenvalue weighted by molar-refractivity contribution is -0.131. The molecule has 0 saturated carbocycles. The van der Waals surface area contributed by atoms with Crippen molar-refractivity contribution in [2.45, 2.75) is 52.0 Å². The van der Waals surface area contributed by atoms with Crippen LogP contribution in [0.3, 0.4) is 0 Å². The molecule has 2 aliphatic rings. The van der Waals surface area contributed by atoms with Crippen molar-refractivity contribution >= 4 is 11.8 Å². The average molecular weight is 377 g/mol. The van der Waals surface area contributed by atoms with Crippen molar-refractivity contribution in [1.29, 1.82) is 0 Å². The quantitative estimate of drug-likeness (QED) is 0.805. The van der Waals surface area contributed by atoms with Gasteiger partial charge in [-0.1, -0.05) is 6.42 Å². The molecular formula is C20H32N4O3. The van der Waals surface area contributed by atoms with E-state index in [-0.39, 0.29) is 11.8 Å². The van der Waals surface area contributed by atoms with E-state index in [2.05, 4.69) is 9.88 Å². The number of piperidine rings is 2. The second-order valence-electron chi connectivity index (χ2n) is 8.10. The third kappa shape index (κ3) is 4.51. The average Bonchev–Trinajstić information content (AvgIpc) is 3.00. The van der Waals surface area contributed by atoms with Crippen LogP contribution in [0.15, 0.2) is 4.42 Å². The van der Waals surface area contributed by atoms with Crippen LogP contribution in [0.1, 0.15) is 54.2 Å². The summed E-state index contributed by atoms with van der Waals surface area (Å²) >= 11 is 0. The van der Waals surface area contributed by atoms with Crippen molar-refractivity contribution in [3.8, 4) is 0 Å². The largest absolute Gasteiger partial charge is 0.436 e. The number of likely N-dealkylation sites (N-methyl/N-ethyl adjacent to an activating group) is 1. The van der Waals surface area contributed by atoms with E-state index in [1.54, 1.807) is 11.8 Å². The highest BCUT2D eigenvalue weighted by molar-refractivity contribution is 5.92. The molecule has 150 valence electrons. The first-order chi connectivity index (χ1) is 12.9. The zero-order valence-corrected chi connectivity index (χ0v) is 17.0. The Morgan fingerprint density at radius 3 is 2.41 bits per heavy atom. The zero-order chi connectivity index (χ0) is 19.6. The maximum Gasteiger partial charge on any atom is 0.291 e. The minimum absolute atomic E-state index is 0.0464. The van der Waals surface area contributed by atoms with Gasteiger partial charge in [0.15, 0.2) is 5.89 Å². The van der Waals surface area contributed by atoms with Gasteiger partial charge in [-0.05, 0) is 45.1 Å². The molecule has 0 N–H and O–H groups in total. The molecule has 0 unspecified atom stereocenters. The Morgan fingerprint density at radius 2 is 1.81 bits per heavy atom. The first-order valence-corrected chi connectivity index (χ1v) is 10.0. The van der Waals surface area contributed by atoms with E-state index in [4.69, 9.17) is 4.42 Å². The number of aromatic nitrogens is 1. The number of carbonyl (C=O) groups excluding carboxylic acids is 2. The van der Waals surface area contributed by atoms with Gasteiger partial charge < -0.3 is 14.2 Å². The summed E-state index contributed by atoms with van der Waals surface area (Å²) in [5.41, 5.74) is 0.667. The van der Waals surface area contributed by atoms with Gasteiger partial charge in [-0.2, -0.15) is 0 Å². The minimum atomic E-state index is -0.0464. The molecule has 2 amide bonds. The minimum Gasteiger partial charge on any atom is -0.436 e. The lowest BCUT2D eigenvalue weighted by Gasteiger charge is -2.43. The first-order valence-electron chi connectivity index (χ1n) is 10.0. The van der Waals surface area contributed by atoms with E-state index in [9.17, 15) is 9.59 Å². The van der Waals surface area contributed by atoms with E-state index >= 15 is 0 Å². The molecule has 2 fully saturated rings. The van der Waals surface area contributed by atoms with E-state index < -0.39 is 0 Å². The summed E-state index contributed by atoms with van der Waals surface area (Å²) in [6.07, 6.45) is 5.51. The van der Waals surface area contributed by atoms with Crippen LogP contribution in [0.2, 0.25) is 0 Å². The SMILES string of the molecule is Cc1nc(C)c(C(=O)N2CCC([C@@H]3CCCCN3CC(=O)N(C)C)CC2)o1. The van der Waals surface area contributed by atoms with Gasteiger partial charge in [-0.15, -0.1) is 0 Å². The normalized spacial score (nSPS) is 22.1. The lowest BCUT2D eigenvalue weighted by atomic mass is 9.83. The number of likely N-dealkylation sites (tertiary alicyclic amines) is 2. The lowest BCUT2D eigenvalue weighted by Crippen LogP contribution is -2.51. The van der Waals surface area contributed by atoms with Crippen molar-refractivity contribution < 1.29 is 14.0 Å². The highest BCUT2D eigenvalue weighted by Crippen LogP contribution is 2.31. The first kappa shape index (κ1) is 19.9. The second-order valence-corrected chi connectivity index (χ2v) is 8.10. The molecule has 0 aromatic carbocycles. The summed E-state index contributed by atoms with van der Waals surface area (Å²) in [5, 5.41) is 0. The van der Waals surface area contributed by atoms with Crippen LogP contribution in [-0.4, -0.2) is 77.8 Å². The summed E-state index contributed by atoms with van der Waals surface area (Å²) in [6.45, 7) is 6.58. The van der Waals surface area contributed by atoms with Gasteiger partial charge in [-0.3, -0.25) is 14.5 Å². The molecule has 0 radical (unpaired) electrons. The van der Waals surface area contributed by atoms with E-state index in [0.29, 0.717) is 35.8 Å². The molecule has 0 bridgehead atoms. The molecule has 27 heavy (non-hydrogen) atoms.